The smallest absolute Gasteiger partial charge is 0.168 e. The Hall–Kier alpha value is -1.48. The molecule has 0 aliphatic rings. The molecule has 1 aromatic rings. The van der Waals surface area contributed by atoms with Crippen molar-refractivity contribution >= 4 is 16.6 Å². The van der Waals surface area contributed by atoms with Crippen LogP contribution in [0.3, 0.4) is 0 Å². The molecule has 1 aromatic carbocycles. The largest absolute Gasteiger partial charge is 0.294 e. The number of rotatable bonds is 5. The highest BCUT2D eigenvalue weighted by Gasteiger charge is 2.07. The number of hydrogen-bond donors (Lipinski definition) is 0. The van der Waals surface area contributed by atoms with Crippen molar-refractivity contribution in [1.29, 1.82) is 0 Å². The molecule has 1 atom stereocenters. The molecule has 1 unspecified atom stereocenters. The van der Waals surface area contributed by atoms with Gasteiger partial charge in [0.2, 0.25) is 0 Å². The van der Waals surface area contributed by atoms with E-state index >= 15 is 0 Å². The van der Waals surface area contributed by atoms with Crippen LogP contribution in [0.15, 0.2) is 53.5 Å². The van der Waals surface area contributed by atoms with Gasteiger partial charge in [0.1, 0.15) is 0 Å². The molecular weight excluding hydrogens is 232 g/mol. The van der Waals surface area contributed by atoms with Crippen molar-refractivity contribution in [2.75, 3.05) is 5.75 Å². The van der Waals surface area contributed by atoms with Crippen LogP contribution in [-0.2, 0) is 15.6 Å². The summed E-state index contributed by atoms with van der Waals surface area (Å²) in [7, 11) is -1.25. The summed E-state index contributed by atoms with van der Waals surface area (Å²) in [5.41, 5.74) is 1.12. The summed E-state index contributed by atoms with van der Waals surface area (Å²) in [5.74, 6) is -0.0843. The van der Waals surface area contributed by atoms with E-state index in [2.05, 4.69) is 0 Å². The van der Waals surface area contributed by atoms with Gasteiger partial charge in [0, 0.05) is 4.90 Å². The molecular formula is C14H16O2S. The monoisotopic (exact) mass is 248 g/mol. The molecule has 0 spiro atoms. The predicted molar refractivity (Wildman–Crippen MR) is 71.4 cm³/mol. The minimum Gasteiger partial charge on any atom is -0.294 e. The minimum atomic E-state index is -1.25. The first kappa shape index (κ1) is 13.6. The molecule has 1 rings (SSSR count). The van der Waals surface area contributed by atoms with Crippen LogP contribution in [0, 0.1) is 6.92 Å². The maximum Gasteiger partial charge on any atom is 0.168 e. The van der Waals surface area contributed by atoms with Gasteiger partial charge in [-0.15, -0.1) is 0 Å². The first-order chi connectivity index (χ1) is 8.13. The van der Waals surface area contributed by atoms with E-state index < -0.39 is 10.8 Å². The van der Waals surface area contributed by atoms with Gasteiger partial charge in [0.25, 0.3) is 0 Å². The van der Waals surface area contributed by atoms with Crippen molar-refractivity contribution in [2.45, 2.75) is 18.7 Å². The van der Waals surface area contributed by atoms with Gasteiger partial charge >= 0.3 is 0 Å². The van der Waals surface area contributed by atoms with E-state index in [1.54, 1.807) is 24.3 Å². The molecule has 0 saturated heterocycles. The van der Waals surface area contributed by atoms with Crippen LogP contribution in [0.1, 0.15) is 12.5 Å². The second-order valence-electron chi connectivity index (χ2n) is 3.65. The van der Waals surface area contributed by atoms with Crippen LogP contribution in [0.5, 0.6) is 0 Å². The maximum absolute atomic E-state index is 11.8. The van der Waals surface area contributed by atoms with E-state index in [4.69, 9.17) is 0 Å². The molecule has 0 radical (unpaired) electrons. The van der Waals surface area contributed by atoms with Gasteiger partial charge in [-0.1, -0.05) is 35.9 Å². The van der Waals surface area contributed by atoms with Crippen molar-refractivity contribution in [3.8, 4) is 0 Å². The van der Waals surface area contributed by atoms with Gasteiger partial charge in [-0.05, 0) is 32.1 Å². The van der Waals surface area contributed by atoms with Crippen molar-refractivity contribution in [1.82, 2.24) is 0 Å². The summed E-state index contributed by atoms with van der Waals surface area (Å²) in [5, 5.41) is 0. The molecule has 0 amide bonds. The Kier molecular flexibility index (Phi) is 5.57. The first-order valence-corrected chi connectivity index (χ1v) is 6.72. The predicted octanol–water partition coefficient (Wildman–Crippen LogP) is 2.80. The average molecular weight is 248 g/mol. The van der Waals surface area contributed by atoms with E-state index in [0.29, 0.717) is 4.90 Å². The molecule has 0 fully saturated rings. The van der Waals surface area contributed by atoms with Gasteiger partial charge in [0.15, 0.2) is 5.78 Å². The van der Waals surface area contributed by atoms with E-state index in [1.165, 1.54) is 6.08 Å². The van der Waals surface area contributed by atoms with E-state index in [9.17, 15) is 9.00 Å². The van der Waals surface area contributed by atoms with Crippen molar-refractivity contribution in [3.05, 3.63) is 54.1 Å². The van der Waals surface area contributed by atoms with Gasteiger partial charge < -0.3 is 0 Å². The summed E-state index contributed by atoms with van der Waals surface area (Å²) >= 11 is 0. The Labute approximate surface area is 105 Å². The van der Waals surface area contributed by atoms with Crippen LogP contribution >= 0.6 is 0 Å². The van der Waals surface area contributed by atoms with Gasteiger partial charge in [-0.2, -0.15) is 0 Å². The second-order valence-corrected chi connectivity index (χ2v) is 5.11. The molecule has 0 aromatic heterocycles. The lowest BCUT2D eigenvalue weighted by molar-refractivity contribution is -0.112. The lowest BCUT2D eigenvalue weighted by Crippen LogP contribution is -2.07. The standard InChI is InChI=1S/C14H16O2S/c1-3-4-5-6-13(15)11-17(16)14-9-7-12(2)8-10-14/h3-10H,11H2,1-2H3/b4-3+,6-5+. The normalized spacial score (nSPS) is 13.3. The molecule has 90 valence electrons. The lowest BCUT2D eigenvalue weighted by Gasteiger charge is -2.00. The summed E-state index contributed by atoms with van der Waals surface area (Å²) in [6.07, 6.45) is 6.72. The molecule has 0 saturated carbocycles. The highest BCUT2D eigenvalue weighted by molar-refractivity contribution is 7.85. The average Bonchev–Trinajstić information content (AvgIpc) is 2.30. The molecule has 2 nitrogen and oxygen atoms in total. The number of allylic oxidation sites excluding steroid dienone is 4. The van der Waals surface area contributed by atoms with Crippen LogP contribution < -0.4 is 0 Å². The SMILES string of the molecule is C/C=C/C=C/C(=O)CS(=O)c1ccc(C)cc1. The van der Waals surface area contributed by atoms with Crippen molar-refractivity contribution in [2.24, 2.45) is 0 Å². The van der Waals surface area contributed by atoms with Gasteiger partial charge in [-0.3, -0.25) is 9.00 Å². The topological polar surface area (TPSA) is 34.1 Å². The van der Waals surface area contributed by atoms with Crippen LogP contribution in [0.4, 0.5) is 0 Å². The minimum absolute atomic E-state index is 0.0388. The fourth-order valence-corrected chi connectivity index (χ4v) is 2.19. The van der Waals surface area contributed by atoms with Crippen molar-refractivity contribution in [3.63, 3.8) is 0 Å². The fraction of sp³-hybridized carbons (Fsp3) is 0.214. The van der Waals surface area contributed by atoms with Crippen LogP contribution in [-0.4, -0.2) is 15.7 Å². The Balaban J connectivity index is 2.60. The third-order valence-electron chi connectivity index (χ3n) is 2.14. The molecule has 0 bridgehead atoms. The summed E-state index contributed by atoms with van der Waals surface area (Å²) in [4.78, 5) is 12.2. The first-order valence-electron chi connectivity index (χ1n) is 5.40. The van der Waals surface area contributed by atoms with E-state index in [0.717, 1.165) is 5.56 Å². The number of carbonyl (C=O) groups excluding carboxylic acids is 1. The molecule has 0 aliphatic heterocycles. The fourth-order valence-electron chi connectivity index (χ4n) is 1.22. The Morgan fingerprint density at radius 2 is 1.88 bits per heavy atom. The van der Waals surface area contributed by atoms with E-state index in [1.807, 2.05) is 32.1 Å². The number of carbonyl (C=O) groups is 1. The number of aryl methyl sites for hydroxylation is 1. The number of ketones is 1. The van der Waals surface area contributed by atoms with Crippen molar-refractivity contribution < 1.29 is 9.00 Å². The van der Waals surface area contributed by atoms with Crippen LogP contribution in [0.25, 0.3) is 0 Å². The highest BCUT2D eigenvalue weighted by Crippen LogP contribution is 2.08. The zero-order valence-electron chi connectivity index (χ0n) is 10.1. The summed E-state index contributed by atoms with van der Waals surface area (Å²) in [6, 6.07) is 7.39. The third kappa shape index (κ3) is 4.91. The van der Waals surface area contributed by atoms with E-state index in [-0.39, 0.29) is 11.5 Å². The summed E-state index contributed by atoms with van der Waals surface area (Å²) in [6.45, 7) is 3.84. The Bertz CT molecular complexity index is 456. The molecule has 17 heavy (non-hydrogen) atoms. The molecule has 0 heterocycles. The Morgan fingerprint density at radius 1 is 1.24 bits per heavy atom. The highest BCUT2D eigenvalue weighted by atomic mass is 32.2. The zero-order valence-corrected chi connectivity index (χ0v) is 10.9. The second kappa shape index (κ2) is 6.97. The van der Waals surface area contributed by atoms with Gasteiger partial charge in [-0.25, -0.2) is 0 Å². The van der Waals surface area contributed by atoms with Crippen LogP contribution in [0.2, 0.25) is 0 Å². The lowest BCUT2D eigenvalue weighted by atomic mass is 10.2. The zero-order chi connectivity index (χ0) is 12.7. The molecule has 0 N–H and O–H groups in total. The third-order valence-corrected chi connectivity index (χ3v) is 3.49. The number of benzene rings is 1. The summed E-state index contributed by atoms with van der Waals surface area (Å²) < 4.78 is 11.8. The maximum atomic E-state index is 11.8. The number of hydrogen-bond acceptors (Lipinski definition) is 2. The molecule has 3 heteroatoms. The molecule has 0 aliphatic carbocycles. The van der Waals surface area contributed by atoms with Gasteiger partial charge in [0.05, 0.1) is 16.6 Å². The Morgan fingerprint density at radius 3 is 2.47 bits per heavy atom. The quantitative estimate of drug-likeness (QED) is 0.593.